The number of carbonyl (C=O) groups excluding carboxylic acids is 1. The van der Waals surface area contributed by atoms with Gasteiger partial charge in [0.25, 0.3) is 0 Å². The zero-order chi connectivity index (χ0) is 12.0. The molecule has 1 rings (SSSR count). The zero-order valence-corrected chi connectivity index (χ0v) is 9.88. The third-order valence-electron chi connectivity index (χ3n) is 2.38. The molecule has 90 valence electrons. The normalized spacial score (nSPS) is 10.6. The maximum atomic E-state index is 10.5. The van der Waals surface area contributed by atoms with Crippen molar-refractivity contribution in [1.29, 1.82) is 0 Å². The number of unbranched alkanes of at least 4 members (excludes halogenated alkanes) is 1. The third kappa shape index (κ3) is 4.44. The molecule has 1 amide bonds. The van der Waals surface area contributed by atoms with Gasteiger partial charge in [-0.15, -0.1) is 0 Å². The summed E-state index contributed by atoms with van der Waals surface area (Å²) in [4.78, 5) is 14.7. The summed E-state index contributed by atoms with van der Waals surface area (Å²) >= 11 is 0. The van der Waals surface area contributed by atoms with Crippen LogP contribution in [0.3, 0.4) is 0 Å². The standard InChI is InChI=1S/C11H19N3O2/c1-8-9(2)16-11(14-8)7-13-6-4-3-5-10(12)15/h13H,3-7H2,1-2H3,(H2,12,15). The highest BCUT2D eigenvalue weighted by atomic mass is 16.4. The highest BCUT2D eigenvalue weighted by molar-refractivity contribution is 5.73. The molecule has 0 unspecified atom stereocenters. The summed E-state index contributed by atoms with van der Waals surface area (Å²) in [6, 6.07) is 0. The molecular weight excluding hydrogens is 206 g/mol. The topological polar surface area (TPSA) is 81.1 Å². The van der Waals surface area contributed by atoms with Gasteiger partial charge in [0, 0.05) is 6.42 Å². The average molecular weight is 225 g/mol. The van der Waals surface area contributed by atoms with E-state index in [9.17, 15) is 4.79 Å². The van der Waals surface area contributed by atoms with Crippen LogP contribution < -0.4 is 11.1 Å². The van der Waals surface area contributed by atoms with E-state index in [1.807, 2.05) is 13.8 Å². The molecule has 0 saturated carbocycles. The van der Waals surface area contributed by atoms with Crippen molar-refractivity contribution in [3.8, 4) is 0 Å². The van der Waals surface area contributed by atoms with E-state index < -0.39 is 0 Å². The van der Waals surface area contributed by atoms with Crippen LogP contribution in [0, 0.1) is 13.8 Å². The molecule has 3 N–H and O–H groups in total. The van der Waals surface area contributed by atoms with Gasteiger partial charge in [-0.2, -0.15) is 0 Å². The summed E-state index contributed by atoms with van der Waals surface area (Å²) in [6.45, 7) is 5.30. The van der Waals surface area contributed by atoms with Gasteiger partial charge in [0.15, 0.2) is 0 Å². The number of nitrogens with two attached hydrogens (primary N) is 1. The minimum absolute atomic E-state index is 0.237. The number of nitrogens with zero attached hydrogens (tertiary/aromatic N) is 1. The van der Waals surface area contributed by atoms with Crippen LogP contribution in [-0.4, -0.2) is 17.4 Å². The molecule has 0 radical (unpaired) electrons. The van der Waals surface area contributed by atoms with Gasteiger partial charge >= 0.3 is 0 Å². The Labute approximate surface area is 95.4 Å². The van der Waals surface area contributed by atoms with Crippen molar-refractivity contribution in [2.75, 3.05) is 6.54 Å². The van der Waals surface area contributed by atoms with E-state index in [1.54, 1.807) is 0 Å². The second-order valence-corrected chi connectivity index (χ2v) is 3.85. The van der Waals surface area contributed by atoms with Crippen molar-refractivity contribution >= 4 is 5.91 Å². The number of amides is 1. The monoisotopic (exact) mass is 225 g/mol. The molecule has 0 aliphatic carbocycles. The van der Waals surface area contributed by atoms with E-state index >= 15 is 0 Å². The first-order chi connectivity index (χ1) is 7.59. The van der Waals surface area contributed by atoms with E-state index in [4.69, 9.17) is 10.2 Å². The van der Waals surface area contributed by atoms with Crippen molar-refractivity contribution in [3.63, 3.8) is 0 Å². The Morgan fingerprint density at radius 1 is 1.44 bits per heavy atom. The molecule has 1 aromatic heterocycles. The minimum atomic E-state index is -0.237. The number of primary amides is 1. The third-order valence-corrected chi connectivity index (χ3v) is 2.38. The lowest BCUT2D eigenvalue weighted by Gasteiger charge is -2.00. The smallest absolute Gasteiger partial charge is 0.217 e. The first kappa shape index (κ1) is 12.7. The lowest BCUT2D eigenvalue weighted by molar-refractivity contribution is -0.118. The Morgan fingerprint density at radius 2 is 2.19 bits per heavy atom. The minimum Gasteiger partial charge on any atom is -0.444 e. The number of nitrogens with one attached hydrogen (secondary N) is 1. The van der Waals surface area contributed by atoms with Crippen molar-refractivity contribution in [1.82, 2.24) is 10.3 Å². The Morgan fingerprint density at radius 3 is 2.75 bits per heavy atom. The second kappa shape index (κ2) is 6.27. The molecule has 0 aliphatic rings. The van der Waals surface area contributed by atoms with E-state index in [-0.39, 0.29) is 5.91 Å². The summed E-state index contributed by atoms with van der Waals surface area (Å²) in [5, 5.41) is 3.21. The van der Waals surface area contributed by atoms with Gasteiger partial charge < -0.3 is 15.5 Å². The average Bonchev–Trinajstić information content (AvgIpc) is 2.52. The number of hydrogen-bond donors (Lipinski definition) is 2. The van der Waals surface area contributed by atoms with Gasteiger partial charge in [-0.05, 0) is 33.2 Å². The molecule has 16 heavy (non-hydrogen) atoms. The van der Waals surface area contributed by atoms with E-state index in [1.165, 1.54) is 0 Å². The zero-order valence-electron chi connectivity index (χ0n) is 9.88. The Balaban J connectivity index is 2.09. The number of carbonyl (C=O) groups is 1. The van der Waals surface area contributed by atoms with Crippen LogP contribution >= 0.6 is 0 Å². The van der Waals surface area contributed by atoms with Crippen molar-refractivity contribution in [2.45, 2.75) is 39.7 Å². The number of hydrogen-bond acceptors (Lipinski definition) is 4. The van der Waals surface area contributed by atoms with Gasteiger partial charge in [0.1, 0.15) is 5.76 Å². The highest BCUT2D eigenvalue weighted by Gasteiger charge is 2.04. The predicted molar refractivity (Wildman–Crippen MR) is 60.7 cm³/mol. The fourth-order valence-electron chi connectivity index (χ4n) is 1.36. The predicted octanol–water partition coefficient (Wildman–Crippen LogP) is 1.04. The van der Waals surface area contributed by atoms with Crippen molar-refractivity contribution < 1.29 is 9.21 Å². The first-order valence-corrected chi connectivity index (χ1v) is 5.51. The van der Waals surface area contributed by atoms with Crippen LogP contribution in [0.1, 0.15) is 36.6 Å². The van der Waals surface area contributed by atoms with Crippen LogP contribution in [0.5, 0.6) is 0 Å². The molecule has 5 heteroatoms. The Bertz CT molecular complexity index is 327. The molecule has 0 spiro atoms. The summed E-state index contributed by atoms with van der Waals surface area (Å²) in [5.41, 5.74) is 5.97. The van der Waals surface area contributed by atoms with Gasteiger partial charge in [-0.1, -0.05) is 0 Å². The van der Waals surface area contributed by atoms with Gasteiger partial charge in [-0.3, -0.25) is 4.79 Å². The van der Waals surface area contributed by atoms with Crippen LogP contribution in [0.25, 0.3) is 0 Å². The van der Waals surface area contributed by atoms with Crippen LogP contribution in [0.2, 0.25) is 0 Å². The van der Waals surface area contributed by atoms with Gasteiger partial charge in [-0.25, -0.2) is 4.98 Å². The van der Waals surface area contributed by atoms with E-state index in [0.29, 0.717) is 18.9 Å². The van der Waals surface area contributed by atoms with Crippen molar-refractivity contribution in [3.05, 3.63) is 17.3 Å². The largest absolute Gasteiger partial charge is 0.444 e. The molecule has 1 aromatic rings. The van der Waals surface area contributed by atoms with Crippen LogP contribution in [0.15, 0.2) is 4.42 Å². The maximum absolute atomic E-state index is 10.5. The molecular formula is C11H19N3O2. The van der Waals surface area contributed by atoms with Gasteiger partial charge in [0.05, 0.1) is 12.2 Å². The van der Waals surface area contributed by atoms with E-state index in [2.05, 4.69) is 10.3 Å². The summed E-state index contributed by atoms with van der Waals surface area (Å²) in [6.07, 6.45) is 2.21. The molecule has 1 heterocycles. The molecule has 0 atom stereocenters. The SMILES string of the molecule is Cc1nc(CNCCCCC(N)=O)oc1C. The number of oxazole rings is 1. The number of rotatable bonds is 7. The number of aromatic nitrogens is 1. The molecule has 0 saturated heterocycles. The fourth-order valence-corrected chi connectivity index (χ4v) is 1.36. The summed E-state index contributed by atoms with van der Waals surface area (Å²) in [7, 11) is 0. The lowest BCUT2D eigenvalue weighted by Crippen LogP contribution is -2.16. The van der Waals surface area contributed by atoms with Crippen LogP contribution in [-0.2, 0) is 11.3 Å². The molecule has 0 fully saturated rings. The molecule has 5 nitrogen and oxygen atoms in total. The molecule has 0 aliphatic heterocycles. The highest BCUT2D eigenvalue weighted by Crippen LogP contribution is 2.07. The Hall–Kier alpha value is -1.36. The Kier molecular flexibility index (Phi) is 4.98. The number of aryl methyl sites for hydroxylation is 2. The fraction of sp³-hybridized carbons (Fsp3) is 0.636. The summed E-state index contributed by atoms with van der Waals surface area (Å²) in [5.74, 6) is 1.34. The molecule has 0 aromatic carbocycles. The quantitative estimate of drug-likeness (QED) is 0.679. The second-order valence-electron chi connectivity index (χ2n) is 3.85. The van der Waals surface area contributed by atoms with E-state index in [0.717, 1.165) is 30.8 Å². The van der Waals surface area contributed by atoms with Gasteiger partial charge in [0.2, 0.25) is 11.8 Å². The molecule has 0 bridgehead atoms. The summed E-state index contributed by atoms with van der Waals surface area (Å²) < 4.78 is 5.41. The maximum Gasteiger partial charge on any atom is 0.217 e. The van der Waals surface area contributed by atoms with Crippen LogP contribution in [0.4, 0.5) is 0 Å². The van der Waals surface area contributed by atoms with Crippen molar-refractivity contribution in [2.24, 2.45) is 5.73 Å². The first-order valence-electron chi connectivity index (χ1n) is 5.51. The lowest BCUT2D eigenvalue weighted by atomic mass is 10.2.